The predicted octanol–water partition coefficient (Wildman–Crippen LogP) is 2.74. The second kappa shape index (κ2) is 8.14. The smallest absolute Gasteiger partial charge is 0.262 e. The molecule has 0 aromatic heterocycles. The molecule has 0 aliphatic heterocycles. The fraction of sp³-hybridized carbons (Fsp3) is 0.176. The average Bonchev–Trinajstić information content (AvgIpc) is 2.55. The maximum absolute atomic E-state index is 11.9. The molecule has 0 unspecified atom stereocenters. The molecule has 0 fully saturated rings. The van der Waals surface area contributed by atoms with Gasteiger partial charge >= 0.3 is 0 Å². The first kappa shape index (κ1) is 16.8. The number of rotatable bonds is 7. The van der Waals surface area contributed by atoms with E-state index >= 15 is 0 Å². The maximum atomic E-state index is 11.9. The van der Waals surface area contributed by atoms with E-state index in [2.05, 4.69) is 5.32 Å². The first-order valence-electron chi connectivity index (χ1n) is 7.14. The normalized spacial score (nSPS) is 9.96. The lowest BCUT2D eigenvalue weighted by atomic mass is 10.2. The molecule has 23 heavy (non-hydrogen) atoms. The van der Waals surface area contributed by atoms with Crippen LogP contribution in [0.3, 0.4) is 0 Å². The van der Waals surface area contributed by atoms with Gasteiger partial charge in [-0.05, 0) is 55.5 Å². The topological polar surface area (TPSA) is 73.6 Å². The quantitative estimate of drug-likeness (QED) is 0.764. The van der Waals surface area contributed by atoms with Gasteiger partial charge in [-0.1, -0.05) is 12.2 Å². The molecule has 6 heteroatoms. The van der Waals surface area contributed by atoms with Gasteiger partial charge in [0.15, 0.2) is 6.61 Å². The number of carbonyl (C=O) groups is 1. The molecule has 120 valence electrons. The molecular weight excluding hydrogens is 312 g/mol. The van der Waals surface area contributed by atoms with Gasteiger partial charge in [-0.25, -0.2) is 0 Å². The Balaban J connectivity index is 1.83. The molecule has 0 saturated heterocycles. The van der Waals surface area contributed by atoms with Gasteiger partial charge in [0.05, 0.1) is 6.61 Å². The van der Waals surface area contributed by atoms with E-state index in [-0.39, 0.29) is 12.5 Å². The molecule has 0 aliphatic rings. The van der Waals surface area contributed by atoms with E-state index < -0.39 is 0 Å². The minimum Gasteiger partial charge on any atom is -0.494 e. The molecule has 0 aliphatic carbocycles. The minimum atomic E-state index is -0.248. The molecule has 0 saturated carbocycles. The zero-order chi connectivity index (χ0) is 16.7. The molecule has 3 N–H and O–H groups in total. The van der Waals surface area contributed by atoms with Gasteiger partial charge < -0.3 is 20.5 Å². The summed E-state index contributed by atoms with van der Waals surface area (Å²) in [6, 6.07) is 14.1. The summed E-state index contributed by atoms with van der Waals surface area (Å²) in [6.07, 6.45) is 0. The van der Waals surface area contributed by atoms with E-state index in [1.165, 1.54) is 0 Å². The van der Waals surface area contributed by atoms with Gasteiger partial charge in [0.1, 0.15) is 16.5 Å². The number of hydrogen-bond donors (Lipinski definition) is 2. The lowest BCUT2D eigenvalue weighted by molar-refractivity contribution is -0.118. The summed E-state index contributed by atoms with van der Waals surface area (Å²) in [7, 11) is 0. The van der Waals surface area contributed by atoms with Gasteiger partial charge in [-0.3, -0.25) is 4.79 Å². The van der Waals surface area contributed by atoms with Crippen LogP contribution in [0.1, 0.15) is 12.5 Å². The Morgan fingerprint density at radius 3 is 2.13 bits per heavy atom. The van der Waals surface area contributed by atoms with Crippen molar-refractivity contribution in [1.82, 2.24) is 0 Å². The predicted molar refractivity (Wildman–Crippen MR) is 94.1 cm³/mol. The highest BCUT2D eigenvalue weighted by molar-refractivity contribution is 7.80. The molecule has 0 heterocycles. The number of carbonyl (C=O) groups excluding carboxylic acids is 1. The number of amides is 1. The number of ether oxygens (including phenoxy) is 2. The number of hydrogen-bond acceptors (Lipinski definition) is 4. The molecule has 1 amide bonds. The summed E-state index contributed by atoms with van der Waals surface area (Å²) in [5.41, 5.74) is 6.93. The van der Waals surface area contributed by atoms with Crippen LogP contribution in [0.2, 0.25) is 0 Å². The molecular formula is C17H18N2O3S. The van der Waals surface area contributed by atoms with E-state index in [4.69, 9.17) is 27.4 Å². The summed E-state index contributed by atoms with van der Waals surface area (Å²) in [4.78, 5) is 12.2. The van der Waals surface area contributed by atoms with Crippen LogP contribution in [0.5, 0.6) is 11.5 Å². The summed E-state index contributed by atoms with van der Waals surface area (Å²) in [6.45, 7) is 2.45. The molecule has 2 rings (SSSR count). The molecule has 0 spiro atoms. The Hall–Kier alpha value is -2.60. The van der Waals surface area contributed by atoms with Crippen molar-refractivity contribution < 1.29 is 14.3 Å². The Bertz CT molecular complexity index is 669. The number of nitrogens with two attached hydrogens (primary N) is 1. The van der Waals surface area contributed by atoms with Crippen molar-refractivity contribution in [2.75, 3.05) is 18.5 Å². The minimum absolute atomic E-state index is 0.0783. The van der Waals surface area contributed by atoms with Crippen molar-refractivity contribution in [3.63, 3.8) is 0 Å². The van der Waals surface area contributed by atoms with Crippen molar-refractivity contribution in [3.8, 4) is 11.5 Å². The maximum Gasteiger partial charge on any atom is 0.262 e. The zero-order valence-electron chi connectivity index (χ0n) is 12.7. The summed E-state index contributed by atoms with van der Waals surface area (Å²) >= 11 is 4.88. The van der Waals surface area contributed by atoms with Crippen LogP contribution >= 0.6 is 12.2 Å². The summed E-state index contributed by atoms with van der Waals surface area (Å²) in [5.74, 6) is 1.12. The van der Waals surface area contributed by atoms with Crippen molar-refractivity contribution in [1.29, 1.82) is 0 Å². The molecule has 2 aromatic rings. The first-order chi connectivity index (χ1) is 11.1. The second-order valence-corrected chi connectivity index (χ2v) is 5.12. The highest BCUT2D eigenvalue weighted by Gasteiger charge is 2.05. The summed E-state index contributed by atoms with van der Waals surface area (Å²) < 4.78 is 10.8. The number of benzene rings is 2. The fourth-order valence-electron chi connectivity index (χ4n) is 1.86. The van der Waals surface area contributed by atoms with Gasteiger partial charge in [0, 0.05) is 11.3 Å². The van der Waals surface area contributed by atoms with E-state index in [1.807, 2.05) is 6.92 Å². The van der Waals surface area contributed by atoms with Crippen LogP contribution in [0, 0.1) is 0 Å². The van der Waals surface area contributed by atoms with Crippen LogP contribution in [-0.2, 0) is 4.79 Å². The monoisotopic (exact) mass is 330 g/mol. The second-order valence-electron chi connectivity index (χ2n) is 4.68. The fourth-order valence-corrected chi connectivity index (χ4v) is 2.00. The summed E-state index contributed by atoms with van der Waals surface area (Å²) in [5, 5.41) is 2.74. The lowest BCUT2D eigenvalue weighted by Gasteiger charge is -2.09. The highest BCUT2D eigenvalue weighted by Crippen LogP contribution is 2.17. The van der Waals surface area contributed by atoms with Gasteiger partial charge in [-0.15, -0.1) is 0 Å². The third kappa shape index (κ3) is 5.27. The molecule has 0 radical (unpaired) electrons. The van der Waals surface area contributed by atoms with Crippen molar-refractivity contribution in [2.45, 2.75) is 6.92 Å². The SMILES string of the molecule is CCOc1ccc(OCC(=O)Nc2ccc(C(N)=S)cc2)cc1. The third-order valence-electron chi connectivity index (χ3n) is 2.96. The Morgan fingerprint density at radius 1 is 1.04 bits per heavy atom. The van der Waals surface area contributed by atoms with Gasteiger partial charge in [0.2, 0.25) is 0 Å². The highest BCUT2D eigenvalue weighted by atomic mass is 32.1. The van der Waals surface area contributed by atoms with Crippen LogP contribution in [0.25, 0.3) is 0 Å². The van der Waals surface area contributed by atoms with E-state index in [0.29, 0.717) is 23.0 Å². The van der Waals surface area contributed by atoms with Crippen molar-refractivity contribution in [2.24, 2.45) is 5.73 Å². The molecule has 0 bridgehead atoms. The van der Waals surface area contributed by atoms with E-state index in [9.17, 15) is 4.79 Å². The van der Waals surface area contributed by atoms with Gasteiger partial charge in [-0.2, -0.15) is 0 Å². The molecule has 5 nitrogen and oxygen atoms in total. The Kier molecular flexibility index (Phi) is 5.94. The molecule has 2 aromatic carbocycles. The Labute approximate surface area is 140 Å². The first-order valence-corrected chi connectivity index (χ1v) is 7.54. The largest absolute Gasteiger partial charge is 0.494 e. The van der Waals surface area contributed by atoms with Crippen LogP contribution in [-0.4, -0.2) is 24.1 Å². The van der Waals surface area contributed by atoms with E-state index in [1.54, 1.807) is 48.5 Å². The van der Waals surface area contributed by atoms with Crippen LogP contribution in [0.15, 0.2) is 48.5 Å². The van der Waals surface area contributed by atoms with Gasteiger partial charge in [0.25, 0.3) is 5.91 Å². The zero-order valence-corrected chi connectivity index (χ0v) is 13.6. The number of anilines is 1. The van der Waals surface area contributed by atoms with Crippen LogP contribution in [0.4, 0.5) is 5.69 Å². The molecule has 0 atom stereocenters. The number of thiocarbonyl (C=S) groups is 1. The van der Waals surface area contributed by atoms with Crippen molar-refractivity contribution >= 4 is 28.8 Å². The van der Waals surface area contributed by atoms with Crippen LogP contribution < -0.4 is 20.5 Å². The lowest BCUT2D eigenvalue weighted by Crippen LogP contribution is -2.20. The average molecular weight is 330 g/mol. The third-order valence-corrected chi connectivity index (χ3v) is 3.19. The standard InChI is InChI=1S/C17H18N2O3S/c1-2-21-14-7-9-15(10-8-14)22-11-16(20)19-13-5-3-12(4-6-13)17(18)23/h3-10H,2,11H2,1H3,(H2,18,23)(H,19,20). The van der Waals surface area contributed by atoms with Crippen molar-refractivity contribution in [3.05, 3.63) is 54.1 Å². The number of nitrogens with one attached hydrogen (secondary N) is 1. The Morgan fingerprint density at radius 2 is 1.61 bits per heavy atom. The van der Waals surface area contributed by atoms with E-state index in [0.717, 1.165) is 11.3 Å².